The molecule has 0 aromatic carbocycles. The lowest BCUT2D eigenvalue weighted by Crippen LogP contribution is -2.35. The summed E-state index contributed by atoms with van der Waals surface area (Å²) in [5.41, 5.74) is 0.869. The summed E-state index contributed by atoms with van der Waals surface area (Å²) in [6.07, 6.45) is 7.14. The minimum atomic E-state index is 0.195. The fourth-order valence-electron chi connectivity index (χ4n) is 3.52. The molecule has 1 aliphatic heterocycles. The van der Waals surface area contributed by atoms with Crippen molar-refractivity contribution >= 4 is 22.6 Å². The molecular formula is C19H23N5O2. The summed E-state index contributed by atoms with van der Waals surface area (Å²) in [4.78, 5) is 15.2. The number of aryl methyl sites for hydroxylation is 1. The molecule has 26 heavy (non-hydrogen) atoms. The van der Waals surface area contributed by atoms with Gasteiger partial charge in [-0.25, -0.2) is 15.0 Å². The molecule has 4 rings (SSSR count). The van der Waals surface area contributed by atoms with Crippen LogP contribution < -0.4 is 10.2 Å². The summed E-state index contributed by atoms with van der Waals surface area (Å²) in [6, 6.07) is 6.18. The second-order valence-electron chi connectivity index (χ2n) is 6.49. The third-order valence-corrected chi connectivity index (χ3v) is 4.92. The first-order chi connectivity index (χ1) is 12.8. The van der Waals surface area contributed by atoms with Gasteiger partial charge in [-0.15, -0.1) is 0 Å². The molecule has 3 aromatic rings. The number of hydrogen-bond acceptors (Lipinski definition) is 7. The number of furan rings is 1. The predicted octanol–water partition coefficient (Wildman–Crippen LogP) is 2.89. The summed E-state index contributed by atoms with van der Waals surface area (Å²) < 4.78 is 11.4. The standard InChI is InChI=1S/C19H23N5O2/c1-3-14-9-16-17(26-14)4-7-21-19(16)22-10-13-8-15(25-2)11-24(13)18-5-6-20-12-23-18/h4-7,9,12-13,15H,3,8,10-11H2,1-2H3,(H,21,22)/t13-,15-/m1/s1. The van der Waals surface area contributed by atoms with Crippen molar-refractivity contribution in [2.24, 2.45) is 0 Å². The third-order valence-electron chi connectivity index (χ3n) is 4.92. The number of ether oxygens (including phenoxy) is 1. The monoisotopic (exact) mass is 353 g/mol. The molecule has 1 fully saturated rings. The second-order valence-corrected chi connectivity index (χ2v) is 6.49. The molecule has 0 spiro atoms. The molecule has 1 N–H and O–H groups in total. The molecule has 1 aliphatic rings. The fraction of sp³-hybridized carbons (Fsp3) is 0.421. The van der Waals surface area contributed by atoms with Crippen LogP contribution in [0.5, 0.6) is 0 Å². The van der Waals surface area contributed by atoms with Crippen molar-refractivity contribution < 1.29 is 9.15 Å². The number of nitrogens with one attached hydrogen (secondary N) is 1. The Morgan fingerprint density at radius 1 is 1.31 bits per heavy atom. The van der Waals surface area contributed by atoms with Gasteiger partial charge in [-0.05, 0) is 24.6 Å². The van der Waals surface area contributed by atoms with Crippen LogP contribution in [0.2, 0.25) is 0 Å². The van der Waals surface area contributed by atoms with Gasteiger partial charge in [0.2, 0.25) is 0 Å². The molecule has 4 heterocycles. The summed E-state index contributed by atoms with van der Waals surface area (Å²) in [7, 11) is 1.76. The fourth-order valence-corrected chi connectivity index (χ4v) is 3.52. The average molecular weight is 353 g/mol. The second kappa shape index (κ2) is 7.29. The molecular weight excluding hydrogens is 330 g/mol. The lowest BCUT2D eigenvalue weighted by Gasteiger charge is -2.25. The van der Waals surface area contributed by atoms with Gasteiger partial charge >= 0.3 is 0 Å². The van der Waals surface area contributed by atoms with Crippen LogP contribution in [-0.2, 0) is 11.2 Å². The van der Waals surface area contributed by atoms with E-state index in [1.807, 2.05) is 12.1 Å². The Bertz CT molecular complexity index is 867. The molecule has 0 aliphatic carbocycles. The molecule has 3 aromatic heterocycles. The Balaban J connectivity index is 1.53. The van der Waals surface area contributed by atoms with E-state index in [-0.39, 0.29) is 12.1 Å². The van der Waals surface area contributed by atoms with Crippen molar-refractivity contribution in [1.29, 1.82) is 0 Å². The van der Waals surface area contributed by atoms with Gasteiger partial charge in [-0.2, -0.15) is 0 Å². The van der Waals surface area contributed by atoms with E-state index >= 15 is 0 Å². The van der Waals surface area contributed by atoms with Crippen molar-refractivity contribution in [3.63, 3.8) is 0 Å². The number of methoxy groups -OCH3 is 1. The van der Waals surface area contributed by atoms with Crippen LogP contribution in [0.1, 0.15) is 19.1 Å². The van der Waals surface area contributed by atoms with Gasteiger partial charge < -0.3 is 19.4 Å². The van der Waals surface area contributed by atoms with Gasteiger partial charge in [0.15, 0.2) is 0 Å². The molecule has 136 valence electrons. The highest BCUT2D eigenvalue weighted by molar-refractivity contribution is 5.88. The largest absolute Gasteiger partial charge is 0.461 e. The van der Waals surface area contributed by atoms with E-state index in [1.54, 1.807) is 25.8 Å². The number of rotatable bonds is 6. The third kappa shape index (κ3) is 3.22. The van der Waals surface area contributed by atoms with Crippen molar-refractivity contribution in [2.75, 3.05) is 30.4 Å². The lowest BCUT2D eigenvalue weighted by molar-refractivity contribution is 0.118. The Hall–Kier alpha value is -2.67. The topological polar surface area (TPSA) is 76.3 Å². The molecule has 1 saturated heterocycles. The van der Waals surface area contributed by atoms with Crippen molar-refractivity contribution in [1.82, 2.24) is 15.0 Å². The zero-order chi connectivity index (χ0) is 17.9. The van der Waals surface area contributed by atoms with E-state index in [1.165, 1.54) is 0 Å². The minimum Gasteiger partial charge on any atom is -0.461 e. The van der Waals surface area contributed by atoms with Crippen molar-refractivity contribution in [3.05, 3.63) is 42.7 Å². The highest BCUT2D eigenvalue weighted by Gasteiger charge is 2.33. The average Bonchev–Trinajstić information content (AvgIpc) is 3.31. The Labute approximate surface area is 152 Å². The van der Waals surface area contributed by atoms with Crippen LogP contribution in [-0.4, -0.2) is 47.3 Å². The molecule has 7 nitrogen and oxygen atoms in total. The first-order valence-electron chi connectivity index (χ1n) is 8.95. The number of nitrogens with zero attached hydrogens (tertiary/aromatic N) is 4. The Kier molecular flexibility index (Phi) is 4.71. The van der Waals surface area contributed by atoms with Crippen LogP contribution in [0.3, 0.4) is 0 Å². The molecule has 0 unspecified atom stereocenters. The van der Waals surface area contributed by atoms with Crippen LogP contribution in [0.4, 0.5) is 11.6 Å². The van der Waals surface area contributed by atoms with Gasteiger partial charge in [-0.3, -0.25) is 0 Å². The molecule has 7 heteroatoms. The van der Waals surface area contributed by atoms with E-state index in [0.717, 1.165) is 54.3 Å². The van der Waals surface area contributed by atoms with Gasteiger partial charge in [0.05, 0.1) is 17.5 Å². The molecule has 0 amide bonds. The van der Waals surface area contributed by atoms with Crippen molar-refractivity contribution in [3.8, 4) is 0 Å². The first-order valence-corrected chi connectivity index (χ1v) is 8.95. The van der Waals surface area contributed by atoms with Crippen LogP contribution >= 0.6 is 0 Å². The number of fused-ring (bicyclic) bond motifs is 1. The quantitative estimate of drug-likeness (QED) is 0.730. The van der Waals surface area contributed by atoms with Crippen LogP contribution in [0, 0.1) is 0 Å². The highest BCUT2D eigenvalue weighted by atomic mass is 16.5. The summed E-state index contributed by atoms with van der Waals surface area (Å²) in [5, 5.41) is 4.53. The molecule has 2 atom stereocenters. The first kappa shape index (κ1) is 16.8. The number of anilines is 2. The van der Waals surface area contributed by atoms with Gasteiger partial charge in [0, 0.05) is 39.0 Å². The van der Waals surface area contributed by atoms with Gasteiger partial charge in [0.1, 0.15) is 29.3 Å². The minimum absolute atomic E-state index is 0.195. The van der Waals surface area contributed by atoms with Crippen LogP contribution in [0.15, 0.2) is 41.3 Å². The Morgan fingerprint density at radius 2 is 2.23 bits per heavy atom. The SMILES string of the molecule is CCc1cc2c(NC[C@H]3C[C@@H](OC)CN3c3ccncn3)nccc2o1. The number of pyridine rings is 1. The van der Waals surface area contributed by atoms with E-state index < -0.39 is 0 Å². The van der Waals surface area contributed by atoms with E-state index in [0.29, 0.717) is 0 Å². The highest BCUT2D eigenvalue weighted by Crippen LogP contribution is 2.28. The van der Waals surface area contributed by atoms with E-state index in [2.05, 4.69) is 38.2 Å². The maximum Gasteiger partial charge on any atom is 0.139 e. The van der Waals surface area contributed by atoms with E-state index in [4.69, 9.17) is 9.15 Å². The zero-order valence-electron chi connectivity index (χ0n) is 15.1. The Morgan fingerprint density at radius 3 is 3.00 bits per heavy atom. The van der Waals surface area contributed by atoms with Crippen LogP contribution in [0.25, 0.3) is 11.0 Å². The summed E-state index contributed by atoms with van der Waals surface area (Å²) in [6.45, 7) is 3.66. The molecule has 0 saturated carbocycles. The zero-order valence-corrected chi connectivity index (χ0v) is 15.1. The molecule has 0 radical (unpaired) electrons. The lowest BCUT2D eigenvalue weighted by atomic mass is 10.2. The van der Waals surface area contributed by atoms with E-state index in [9.17, 15) is 0 Å². The summed E-state index contributed by atoms with van der Waals surface area (Å²) in [5.74, 6) is 2.75. The number of aromatic nitrogens is 3. The van der Waals surface area contributed by atoms with Gasteiger partial charge in [-0.1, -0.05) is 6.92 Å². The maximum absolute atomic E-state index is 5.83. The maximum atomic E-state index is 5.83. The van der Waals surface area contributed by atoms with Crippen molar-refractivity contribution in [2.45, 2.75) is 31.9 Å². The smallest absolute Gasteiger partial charge is 0.139 e. The molecule has 0 bridgehead atoms. The van der Waals surface area contributed by atoms with Gasteiger partial charge in [0.25, 0.3) is 0 Å². The normalized spacial score (nSPS) is 20.0. The predicted molar refractivity (Wildman–Crippen MR) is 100 cm³/mol. The summed E-state index contributed by atoms with van der Waals surface area (Å²) >= 11 is 0. The number of hydrogen-bond donors (Lipinski definition) is 1.